The molecule has 3 heterocycles. The van der Waals surface area contributed by atoms with Gasteiger partial charge in [0.2, 0.25) is 0 Å². The number of H-pyrrole nitrogens is 1. The molecule has 3 aromatic rings. The van der Waals surface area contributed by atoms with Crippen molar-refractivity contribution in [1.82, 2.24) is 25.1 Å². The minimum absolute atomic E-state index is 0.160. The number of aromatic amines is 1. The molecule has 0 aromatic carbocycles. The van der Waals surface area contributed by atoms with Gasteiger partial charge in [-0.15, -0.1) is 11.3 Å². The third-order valence-electron chi connectivity index (χ3n) is 3.89. The van der Waals surface area contributed by atoms with Gasteiger partial charge >= 0.3 is 0 Å². The summed E-state index contributed by atoms with van der Waals surface area (Å²) in [4.78, 5) is 15.5. The molecule has 1 aliphatic carbocycles. The molecule has 0 spiro atoms. The molecular weight excluding hydrogens is 300 g/mol. The summed E-state index contributed by atoms with van der Waals surface area (Å²) in [6.45, 7) is 0.329. The highest BCUT2D eigenvalue weighted by Crippen LogP contribution is 2.38. The van der Waals surface area contributed by atoms with E-state index in [1.165, 1.54) is 23.3 Å². The third kappa shape index (κ3) is 2.34. The van der Waals surface area contributed by atoms with E-state index in [9.17, 15) is 0 Å². The second kappa shape index (κ2) is 5.62. The van der Waals surface area contributed by atoms with Gasteiger partial charge in [-0.25, -0.2) is 15.0 Å². The molecule has 3 N–H and O–H groups in total. The van der Waals surface area contributed by atoms with Crippen LogP contribution in [0.1, 0.15) is 34.9 Å². The lowest BCUT2D eigenvalue weighted by atomic mass is 9.97. The van der Waals surface area contributed by atoms with Gasteiger partial charge in [0.25, 0.3) is 0 Å². The number of thiophene rings is 1. The molecule has 0 bridgehead atoms. The summed E-state index contributed by atoms with van der Waals surface area (Å²) in [6.07, 6.45) is 6.35. The molecule has 0 saturated carbocycles. The topological polar surface area (TPSA) is 99.6 Å². The van der Waals surface area contributed by atoms with Gasteiger partial charge in [-0.2, -0.15) is 5.10 Å². The van der Waals surface area contributed by atoms with Crippen molar-refractivity contribution in [2.45, 2.75) is 38.8 Å². The summed E-state index contributed by atoms with van der Waals surface area (Å²) in [5, 5.41) is 20.2. The first-order valence-corrected chi connectivity index (χ1v) is 8.17. The van der Waals surface area contributed by atoms with Gasteiger partial charge in [0.15, 0.2) is 5.82 Å². The molecule has 0 aliphatic heterocycles. The van der Waals surface area contributed by atoms with Crippen LogP contribution in [0.15, 0.2) is 6.33 Å². The lowest BCUT2D eigenvalue weighted by Crippen LogP contribution is -2.05. The summed E-state index contributed by atoms with van der Waals surface area (Å²) in [6, 6.07) is 0. The monoisotopic (exact) mass is 316 g/mol. The van der Waals surface area contributed by atoms with Crippen molar-refractivity contribution in [3.63, 3.8) is 0 Å². The van der Waals surface area contributed by atoms with Gasteiger partial charge in [0, 0.05) is 4.88 Å². The van der Waals surface area contributed by atoms with Crippen LogP contribution in [0.3, 0.4) is 0 Å². The molecule has 8 heteroatoms. The van der Waals surface area contributed by atoms with E-state index in [4.69, 9.17) is 5.11 Å². The molecule has 0 saturated heterocycles. The van der Waals surface area contributed by atoms with Crippen LogP contribution in [0.4, 0.5) is 5.82 Å². The van der Waals surface area contributed by atoms with Crippen LogP contribution in [0, 0.1) is 0 Å². The van der Waals surface area contributed by atoms with Crippen molar-refractivity contribution < 1.29 is 5.11 Å². The van der Waals surface area contributed by atoms with Crippen molar-refractivity contribution in [1.29, 1.82) is 0 Å². The number of fused-ring (bicyclic) bond motifs is 3. The molecule has 0 fully saturated rings. The normalized spacial score (nSPS) is 14.2. The van der Waals surface area contributed by atoms with Crippen LogP contribution in [-0.4, -0.2) is 30.3 Å². The number of aliphatic hydroxyl groups is 1. The largest absolute Gasteiger partial charge is 0.388 e. The van der Waals surface area contributed by atoms with Crippen LogP contribution in [0.25, 0.3) is 10.2 Å². The maximum absolute atomic E-state index is 9.00. The first-order valence-electron chi connectivity index (χ1n) is 7.35. The van der Waals surface area contributed by atoms with E-state index in [0.29, 0.717) is 18.2 Å². The maximum Gasteiger partial charge on any atom is 0.176 e. The number of nitrogens with one attached hydrogen (secondary N) is 2. The molecule has 0 atom stereocenters. The van der Waals surface area contributed by atoms with Crippen LogP contribution in [0.5, 0.6) is 0 Å². The van der Waals surface area contributed by atoms with E-state index in [0.717, 1.165) is 28.9 Å². The number of rotatable bonds is 4. The number of aliphatic hydroxyl groups excluding tert-OH is 1. The first kappa shape index (κ1) is 13.6. The Kier molecular flexibility index (Phi) is 3.47. The van der Waals surface area contributed by atoms with Crippen LogP contribution in [-0.2, 0) is 26.0 Å². The predicted molar refractivity (Wildman–Crippen MR) is 83.7 cm³/mol. The fraction of sp³-hybridized carbons (Fsp3) is 0.429. The highest BCUT2D eigenvalue weighted by molar-refractivity contribution is 7.19. The SMILES string of the molecule is OCc1n[nH]c(CNc2ncnc3sc4c(c23)CCCC4)n1. The Labute approximate surface area is 130 Å². The summed E-state index contributed by atoms with van der Waals surface area (Å²) in [7, 11) is 0. The van der Waals surface area contributed by atoms with Gasteiger partial charge in [0.05, 0.1) is 11.9 Å². The zero-order valence-electron chi connectivity index (χ0n) is 12.0. The zero-order chi connectivity index (χ0) is 14.9. The quantitative estimate of drug-likeness (QED) is 0.678. The maximum atomic E-state index is 9.00. The summed E-state index contributed by atoms with van der Waals surface area (Å²) < 4.78 is 0. The highest BCUT2D eigenvalue weighted by Gasteiger charge is 2.19. The molecule has 22 heavy (non-hydrogen) atoms. The summed E-state index contributed by atoms with van der Waals surface area (Å²) in [5.41, 5.74) is 1.41. The van der Waals surface area contributed by atoms with Crippen molar-refractivity contribution in [2.24, 2.45) is 0 Å². The molecule has 7 nitrogen and oxygen atoms in total. The molecule has 4 rings (SSSR count). The van der Waals surface area contributed by atoms with Crippen molar-refractivity contribution >= 4 is 27.4 Å². The van der Waals surface area contributed by atoms with Gasteiger partial charge in [-0.1, -0.05) is 0 Å². The first-order chi connectivity index (χ1) is 10.8. The smallest absolute Gasteiger partial charge is 0.176 e. The van der Waals surface area contributed by atoms with Gasteiger partial charge in [0.1, 0.15) is 29.4 Å². The second-order valence-corrected chi connectivity index (χ2v) is 6.41. The molecule has 0 unspecified atom stereocenters. The Bertz CT molecular complexity index is 811. The molecular formula is C14H16N6OS. The number of hydrogen-bond donors (Lipinski definition) is 3. The van der Waals surface area contributed by atoms with Gasteiger partial charge in [-0.3, -0.25) is 5.10 Å². The zero-order valence-corrected chi connectivity index (χ0v) is 12.8. The standard InChI is InChI=1S/C14H16N6OS/c21-6-11-18-10(19-20-11)5-15-13-12-8-3-1-2-4-9(8)22-14(12)17-7-16-13/h7,21H,1-6H2,(H,15,16,17)(H,18,19,20). The minimum atomic E-state index is -0.160. The Balaban J connectivity index is 1.64. The van der Waals surface area contributed by atoms with E-state index in [1.54, 1.807) is 17.7 Å². The average Bonchev–Trinajstić information content (AvgIpc) is 3.17. The highest BCUT2D eigenvalue weighted by atomic mass is 32.1. The van der Waals surface area contributed by atoms with Crippen molar-refractivity contribution in [3.05, 3.63) is 28.4 Å². The molecule has 0 amide bonds. The second-order valence-electron chi connectivity index (χ2n) is 5.32. The number of anilines is 1. The molecule has 3 aromatic heterocycles. The lowest BCUT2D eigenvalue weighted by molar-refractivity contribution is 0.271. The Morgan fingerprint density at radius 3 is 3.05 bits per heavy atom. The number of hydrogen-bond acceptors (Lipinski definition) is 7. The number of aryl methyl sites for hydroxylation is 2. The van der Waals surface area contributed by atoms with E-state index in [2.05, 4.69) is 30.5 Å². The average molecular weight is 316 g/mol. The van der Waals surface area contributed by atoms with Crippen molar-refractivity contribution in [3.8, 4) is 0 Å². The van der Waals surface area contributed by atoms with E-state index in [-0.39, 0.29) is 6.61 Å². The molecule has 0 radical (unpaired) electrons. The number of nitrogens with zero attached hydrogens (tertiary/aromatic N) is 4. The van der Waals surface area contributed by atoms with Crippen LogP contribution in [0.2, 0.25) is 0 Å². The summed E-state index contributed by atoms with van der Waals surface area (Å²) in [5.74, 6) is 1.93. The number of aromatic nitrogens is 5. The molecule has 1 aliphatic rings. The Morgan fingerprint density at radius 1 is 1.27 bits per heavy atom. The Hall–Kier alpha value is -2.06. The molecule has 114 valence electrons. The van der Waals surface area contributed by atoms with Gasteiger partial charge < -0.3 is 10.4 Å². The fourth-order valence-corrected chi connectivity index (χ4v) is 4.11. The predicted octanol–water partition coefficient (Wildman–Crippen LogP) is 1.79. The Morgan fingerprint density at radius 2 is 2.18 bits per heavy atom. The van der Waals surface area contributed by atoms with E-state index >= 15 is 0 Å². The minimum Gasteiger partial charge on any atom is -0.388 e. The third-order valence-corrected chi connectivity index (χ3v) is 5.09. The van der Waals surface area contributed by atoms with E-state index < -0.39 is 0 Å². The van der Waals surface area contributed by atoms with Gasteiger partial charge in [-0.05, 0) is 31.2 Å². The van der Waals surface area contributed by atoms with Crippen LogP contribution < -0.4 is 5.32 Å². The fourth-order valence-electron chi connectivity index (χ4n) is 2.88. The van der Waals surface area contributed by atoms with Crippen molar-refractivity contribution in [2.75, 3.05) is 5.32 Å². The van der Waals surface area contributed by atoms with E-state index in [1.807, 2.05) is 0 Å². The van der Waals surface area contributed by atoms with Crippen LogP contribution >= 0.6 is 11.3 Å². The lowest BCUT2D eigenvalue weighted by Gasteiger charge is -2.12. The summed E-state index contributed by atoms with van der Waals surface area (Å²) >= 11 is 1.78.